The third-order valence-electron chi connectivity index (χ3n) is 9.25. The Hall–Kier alpha value is -0.510. The average molecular weight is 643 g/mol. The lowest BCUT2D eigenvalue weighted by Crippen LogP contribution is -2.27. The van der Waals surface area contributed by atoms with Gasteiger partial charge >= 0.3 is 7.60 Å². The van der Waals surface area contributed by atoms with Gasteiger partial charge < -0.3 is 9.79 Å². The van der Waals surface area contributed by atoms with Gasteiger partial charge in [-0.3, -0.25) is 14.2 Å². The number of unbranched alkanes of at least 4 members (excludes halogenated alkanes) is 28. The minimum atomic E-state index is -4.42. The molecular formula is C38H75O5P. The van der Waals surface area contributed by atoms with E-state index in [2.05, 4.69) is 13.8 Å². The number of carbonyl (C=O) groups is 2. The first-order valence-electron chi connectivity index (χ1n) is 19.4. The van der Waals surface area contributed by atoms with E-state index in [-0.39, 0.29) is 24.4 Å². The van der Waals surface area contributed by atoms with Crippen LogP contribution in [0.15, 0.2) is 0 Å². The summed E-state index contributed by atoms with van der Waals surface area (Å²) in [6, 6.07) is 0. The first-order valence-corrected chi connectivity index (χ1v) is 21.2. The summed E-state index contributed by atoms with van der Waals surface area (Å²) in [6.07, 6.45) is 37.3. The van der Waals surface area contributed by atoms with Gasteiger partial charge in [-0.05, 0) is 12.8 Å². The van der Waals surface area contributed by atoms with Gasteiger partial charge in [-0.2, -0.15) is 0 Å². The maximum absolute atomic E-state index is 12.8. The van der Waals surface area contributed by atoms with Gasteiger partial charge in [-0.15, -0.1) is 0 Å². The molecule has 0 aliphatic heterocycles. The van der Waals surface area contributed by atoms with Gasteiger partial charge in [-0.25, -0.2) is 0 Å². The van der Waals surface area contributed by atoms with E-state index in [1.807, 2.05) is 0 Å². The number of ketones is 2. The van der Waals surface area contributed by atoms with Gasteiger partial charge in [0.1, 0.15) is 11.6 Å². The van der Waals surface area contributed by atoms with E-state index < -0.39 is 19.7 Å². The fourth-order valence-corrected chi connectivity index (χ4v) is 7.19. The van der Waals surface area contributed by atoms with Crippen LogP contribution in [0.1, 0.15) is 219 Å². The van der Waals surface area contributed by atoms with Crippen LogP contribution in [0.5, 0.6) is 0 Å². The standard InChI is InChI=1S/C38H75O5P/c1-3-5-7-9-11-13-15-17-19-21-23-25-27-29-31-33-37(39)36(35-44(41,42)43)38(40)34-32-30-28-26-24-22-20-18-16-14-12-10-8-6-4-2/h36H,3-35H2,1-2H3,(H2,41,42,43). The van der Waals surface area contributed by atoms with Crippen molar-refractivity contribution < 1.29 is 23.9 Å². The van der Waals surface area contributed by atoms with Gasteiger partial charge in [0.25, 0.3) is 0 Å². The zero-order chi connectivity index (χ0) is 32.6. The zero-order valence-corrected chi connectivity index (χ0v) is 30.4. The van der Waals surface area contributed by atoms with Crippen LogP contribution in [-0.2, 0) is 14.2 Å². The molecule has 0 spiro atoms. The maximum Gasteiger partial charge on any atom is 0.326 e. The molecule has 0 unspecified atom stereocenters. The Morgan fingerprint density at radius 1 is 0.409 bits per heavy atom. The summed E-state index contributed by atoms with van der Waals surface area (Å²) >= 11 is 0. The normalized spacial score (nSPS) is 11.9. The summed E-state index contributed by atoms with van der Waals surface area (Å²) in [6.45, 7) is 4.52. The molecule has 0 heterocycles. The fourth-order valence-electron chi connectivity index (χ4n) is 6.31. The highest BCUT2D eigenvalue weighted by Crippen LogP contribution is 2.38. The Bertz CT molecular complexity index is 643. The molecule has 0 saturated carbocycles. The number of Topliss-reactive ketones (excluding diaryl/α,β-unsaturated/α-hetero) is 2. The van der Waals surface area contributed by atoms with Gasteiger partial charge in [0.05, 0.1) is 12.1 Å². The molecule has 262 valence electrons. The van der Waals surface area contributed by atoms with Crippen molar-refractivity contribution in [2.75, 3.05) is 6.16 Å². The lowest BCUT2D eigenvalue weighted by atomic mass is 9.93. The van der Waals surface area contributed by atoms with Crippen LogP contribution < -0.4 is 0 Å². The summed E-state index contributed by atoms with van der Waals surface area (Å²) in [4.78, 5) is 44.6. The van der Waals surface area contributed by atoms with Crippen LogP contribution in [0.2, 0.25) is 0 Å². The van der Waals surface area contributed by atoms with Crippen molar-refractivity contribution in [1.29, 1.82) is 0 Å². The number of rotatable bonds is 36. The number of carbonyl (C=O) groups excluding carboxylic acids is 2. The van der Waals surface area contributed by atoms with Crippen molar-refractivity contribution in [3.8, 4) is 0 Å². The minimum Gasteiger partial charge on any atom is -0.324 e. The Kier molecular flexibility index (Phi) is 32.1. The molecule has 2 N–H and O–H groups in total. The molecule has 0 atom stereocenters. The van der Waals surface area contributed by atoms with Crippen LogP contribution >= 0.6 is 7.60 Å². The highest BCUT2D eigenvalue weighted by atomic mass is 31.2. The maximum atomic E-state index is 12.8. The van der Waals surface area contributed by atoms with Crippen LogP contribution in [0.25, 0.3) is 0 Å². The van der Waals surface area contributed by atoms with Crippen molar-refractivity contribution >= 4 is 19.2 Å². The fraction of sp³-hybridized carbons (Fsp3) is 0.947. The molecule has 0 aliphatic rings. The van der Waals surface area contributed by atoms with E-state index >= 15 is 0 Å². The first kappa shape index (κ1) is 43.5. The minimum absolute atomic E-state index is 0.257. The predicted molar refractivity (Wildman–Crippen MR) is 190 cm³/mol. The molecule has 0 fully saturated rings. The second kappa shape index (κ2) is 32.4. The van der Waals surface area contributed by atoms with Crippen LogP contribution in [0.4, 0.5) is 0 Å². The van der Waals surface area contributed by atoms with E-state index in [1.54, 1.807) is 0 Å². The van der Waals surface area contributed by atoms with Crippen molar-refractivity contribution in [3.63, 3.8) is 0 Å². The zero-order valence-electron chi connectivity index (χ0n) is 29.5. The lowest BCUT2D eigenvalue weighted by molar-refractivity contribution is -0.132. The highest BCUT2D eigenvalue weighted by molar-refractivity contribution is 7.51. The van der Waals surface area contributed by atoms with Crippen LogP contribution in [0, 0.1) is 5.92 Å². The summed E-state index contributed by atoms with van der Waals surface area (Å²) in [5.41, 5.74) is 0. The quantitative estimate of drug-likeness (QED) is 0.0403. The monoisotopic (exact) mass is 643 g/mol. The van der Waals surface area contributed by atoms with Crippen LogP contribution in [0.3, 0.4) is 0 Å². The summed E-state index contributed by atoms with van der Waals surface area (Å²) in [5, 5.41) is 0. The Morgan fingerprint density at radius 2 is 0.614 bits per heavy atom. The molecule has 0 amide bonds. The SMILES string of the molecule is CCCCCCCCCCCCCCCCCC(=O)C(CP(=O)(O)O)C(=O)CCCCCCCCCCCCCCCCC. The Morgan fingerprint density at radius 3 is 0.818 bits per heavy atom. The number of hydrogen-bond donors (Lipinski definition) is 2. The van der Waals surface area contributed by atoms with E-state index in [4.69, 9.17) is 0 Å². The van der Waals surface area contributed by atoms with Gasteiger partial charge in [0.15, 0.2) is 0 Å². The van der Waals surface area contributed by atoms with Crippen molar-refractivity contribution in [1.82, 2.24) is 0 Å². The van der Waals surface area contributed by atoms with Crippen molar-refractivity contribution in [2.45, 2.75) is 219 Å². The van der Waals surface area contributed by atoms with Crippen molar-refractivity contribution in [3.05, 3.63) is 0 Å². The predicted octanol–water partition coefficient (Wildman–Crippen LogP) is 12.4. The average Bonchev–Trinajstić information content (AvgIpc) is 2.99. The molecule has 6 heteroatoms. The van der Waals surface area contributed by atoms with Gasteiger partial charge in [-0.1, -0.05) is 194 Å². The third-order valence-corrected chi connectivity index (χ3v) is 10.1. The first-order chi connectivity index (χ1) is 21.3. The molecule has 0 aromatic rings. The second-order valence-corrected chi connectivity index (χ2v) is 15.4. The van der Waals surface area contributed by atoms with Crippen LogP contribution in [-0.4, -0.2) is 27.5 Å². The molecule has 0 aromatic heterocycles. The van der Waals surface area contributed by atoms with Crippen molar-refractivity contribution in [2.24, 2.45) is 5.92 Å². The molecule has 44 heavy (non-hydrogen) atoms. The molecule has 0 saturated heterocycles. The van der Waals surface area contributed by atoms with E-state index in [9.17, 15) is 23.9 Å². The van der Waals surface area contributed by atoms with E-state index in [0.29, 0.717) is 12.8 Å². The summed E-state index contributed by atoms with van der Waals surface area (Å²) < 4.78 is 11.7. The highest BCUT2D eigenvalue weighted by Gasteiger charge is 2.32. The molecule has 0 aromatic carbocycles. The Balaban J connectivity index is 3.87. The Labute approximate surface area is 274 Å². The molecule has 5 nitrogen and oxygen atoms in total. The van der Waals surface area contributed by atoms with Gasteiger partial charge in [0, 0.05) is 12.8 Å². The summed E-state index contributed by atoms with van der Waals surface area (Å²) in [7, 11) is -4.42. The largest absolute Gasteiger partial charge is 0.326 e. The smallest absolute Gasteiger partial charge is 0.324 e. The molecule has 0 bridgehead atoms. The molecule has 0 radical (unpaired) electrons. The molecular weight excluding hydrogens is 567 g/mol. The lowest BCUT2D eigenvalue weighted by Gasteiger charge is -2.16. The topological polar surface area (TPSA) is 91.7 Å². The molecule has 0 aliphatic carbocycles. The molecule has 0 rings (SSSR count). The second-order valence-electron chi connectivity index (χ2n) is 13.7. The van der Waals surface area contributed by atoms with E-state index in [1.165, 1.54) is 154 Å². The number of hydrogen-bond acceptors (Lipinski definition) is 3. The van der Waals surface area contributed by atoms with Gasteiger partial charge in [0.2, 0.25) is 0 Å². The third kappa shape index (κ3) is 31.5. The summed E-state index contributed by atoms with van der Waals surface area (Å²) in [5.74, 6) is -1.67. The van der Waals surface area contributed by atoms with E-state index in [0.717, 1.165) is 25.7 Å².